The number of nitrogens with zero attached hydrogens (tertiary/aromatic N) is 2. The van der Waals surface area contributed by atoms with Crippen molar-refractivity contribution in [1.82, 2.24) is 9.55 Å². The molecular formula is C16H18N2O4. The smallest absolute Gasteiger partial charge is 0.352 e. The number of carboxylic acids is 1. The number of carbonyl (C=O) groups is 2. The molecule has 0 saturated carbocycles. The third-order valence-corrected chi connectivity index (χ3v) is 3.08. The molecule has 22 heavy (non-hydrogen) atoms. The van der Waals surface area contributed by atoms with E-state index in [2.05, 4.69) is 4.98 Å². The highest BCUT2D eigenvalue weighted by atomic mass is 16.5. The van der Waals surface area contributed by atoms with Crippen molar-refractivity contribution in [2.45, 2.75) is 27.5 Å². The second-order valence-electron chi connectivity index (χ2n) is 5.94. The molecule has 2 aromatic rings. The van der Waals surface area contributed by atoms with Crippen LogP contribution in [0.1, 0.15) is 31.3 Å². The quantitative estimate of drug-likeness (QED) is 0.878. The van der Waals surface area contributed by atoms with E-state index in [1.54, 1.807) is 57.6 Å². The van der Waals surface area contributed by atoms with E-state index in [0.29, 0.717) is 0 Å². The normalized spacial score (nSPS) is 11.2. The van der Waals surface area contributed by atoms with Gasteiger partial charge in [-0.15, -0.1) is 0 Å². The molecule has 0 saturated heterocycles. The zero-order valence-electron chi connectivity index (χ0n) is 12.7. The van der Waals surface area contributed by atoms with Crippen LogP contribution in [0.15, 0.2) is 36.8 Å². The molecule has 116 valence electrons. The third-order valence-electron chi connectivity index (χ3n) is 3.08. The van der Waals surface area contributed by atoms with Gasteiger partial charge in [0.2, 0.25) is 0 Å². The molecule has 1 N–H and O–H groups in total. The molecule has 0 bridgehead atoms. The van der Waals surface area contributed by atoms with Crippen LogP contribution in [0.4, 0.5) is 0 Å². The molecule has 0 aliphatic carbocycles. The van der Waals surface area contributed by atoms with Gasteiger partial charge in [0.15, 0.2) is 6.73 Å². The lowest BCUT2D eigenvalue weighted by atomic mass is 9.98. The van der Waals surface area contributed by atoms with Gasteiger partial charge in [0.05, 0.1) is 5.41 Å². The molecule has 0 spiro atoms. The standard InChI is InChI=1S/C16H18N2O4/c1-16(2,3)15(21)22-10-18-9-12(8-13(18)14(19)20)11-4-6-17-7-5-11/h4-9H,10H2,1-3H3,(H,19,20). The Morgan fingerprint density at radius 2 is 1.86 bits per heavy atom. The molecule has 0 aliphatic rings. The summed E-state index contributed by atoms with van der Waals surface area (Å²) >= 11 is 0. The Morgan fingerprint density at radius 1 is 1.23 bits per heavy atom. The largest absolute Gasteiger partial charge is 0.477 e. The molecule has 0 unspecified atom stereocenters. The van der Waals surface area contributed by atoms with E-state index in [-0.39, 0.29) is 18.4 Å². The lowest BCUT2D eigenvalue weighted by Crippen LogP contribution is -2.24. The predicted octanol–water partition coefficient (Wildman–Crippen LogP) is 2.80. The first-order valence-electron chi connectivity index (χ1n) is 6.80. The van der Waals surface area contributed by atoms with Gasteiger partial charge in [-0.1, -0.05) is 0 Å². The van der Waals surface area contributed by atoms with Gasteiger partial charge in [0.1, 0.15) is 5.69 Å². The Kier molecular flexibility index (Phi) is 4.30. The van der Waals surface area contributed by atoms with Crippen LogP contribution in [0.2, 0.25) is 0 Å². The van der Waals surface area contributed by atoms with E-state index in [4.69, 9.17) is 4.74 Å². The molecule has 0 radical (unpaired) electrons. The fourth-order valence-corrected chi connectivity index (χ4v) is 1.84. The van der Waals surface area contributed by atoms with Gasteiger partial charge in [0, 0.05) is 24.2 Å². The Bertz CT molecular complexity index is 684. The maximum atomic E-state index is 11.8. The van der Waals surface area contributed by atoms with Crippen molar-refractivity contribution in [3.63, 3.8) is 0 Å². The fraction of sp³-hybridized carbons (Fsp3) is 0.312. The number of hydrogen-bond donors (Lipinski definition) is 1. The molecule has 2 heterocycles. The first kappa shape index (κ1) is 15.8. The number of esters is 1. The lowest BCUT2D eigenvalue weighted by Gasteiger charge is -2.17. The van der Waals surface area contributed by atoms with Crippen molar-refractivity contribution in [2.75, 3.05) is 0 Å². The summed E-state index contributed by atoms with van der Waals surface area (Å²) in [7, 11) is 0. The summed E-state index contributed by atoms with van der Waals surface area (Å²) in [4.78, 5) is 27.1. The number of aromatic nitrogens is 2. The minimum Gasteiger partial charge on any atom is -0.477 e. The van der Waals surface area contributed by atoms with Gasteiger partial charge in [0.25, 0.3) is 0 Å². The van der Waals surface area contributed by atoms with E-state index < -0.39 is 11.4 Å². The average Bonchev–Trinajstić information content (AvgIpc) is 2.89. The van der Waals surface area contributed by atoms with E-state index in [9.17, 15) is 14.7 Å². The van der Waals surface area contributed by atoms with Crippen LogP contribution in [0.3, 0.4) is 0 Å². The van der Waals surface area contributed by atoms with Crippen LogP contribution < -0.4 is 0 Å². The maximum Gasteiger partial charge on any atom is 0.352 e. The fourth-order valence-electron chi connectivity index (χ4n) is 1.84. The van der Waals surface area contributed by atoms with Gasteiger partial charge >= 0.3 is 11.9 Å². The summed E-state index contributed by atoms with van der Waals surface area (Å²) in [6.45, 7) is 5.09. The molecule has 2 rings (SSSR count). The average molecular weight is 302 g/mol. The number of rotatable bonds is 4. The van der Waals surface area contributed by atoms with Crippen molar-refractivity contribution in [3.8, 4) is 11.1 Å². The van der Waals surface area contributed by atoms with E-state index in [1.165, 1.54) is 4.57 Å². The Balaban J connectivity index is 2.26. The number of ether oxygens (including phenoxy) is 1. The summed E-state index contributed by atoms with van der Waals surface area (Å²) in [5.41, 5.74) is 1.00. The van der Waals surface area contributed by atoms with Crippen molar-refractivity contribution in [2.24, 2.45) is 5.41 Å². The maximum absolute atomic E-state index is 11.8. The number of aromatic carboxylic acids is 1. The highest BCUT2D eigenvalue weighted by Gasteiger charge is 2.23. The molecule has 0 aliphatic heterocycles. The van der Waals surface area contributed by atoms with Crippen LogP contribution >= 0.6 is 0 Å². The predicted molar refractivity (Wildman–Crippen MR) is 80.2 cm³/mol. The van der Waals surface area contributed by atoms with Crippen molar-refractivity contribution in [1.29, 1.82) is 0 Å². The molecule has 0 amide bonds. The van der Waals surface area contributed by atoms with Gasteiger partial charge in [-0.2, -0.15) is 0 Å². The van der Waals surface area contributed by atoms with Crippen molar-refractivity contribution >= 4 is 11.9 Å². The second-order valence-corrected chi connectivity index (χ2v) is 5.94. The Hall–Kier alpha value is -2.63. The summed E-state index contributed by atoms with van der Waals surface area (Å²) in [5.74, 6) is -1.46. The lowest BCUT2D eigenvalue weighted by molar-refractivity contribution is -0.157. The first-order chi connectivity index (χ1) is 10.3. The summed E-state index contributed by atoms with van der Waals surface area (Å²) in [6, 6.07) is 5.11. The Labute approximate surface area is 128 Å². The van der Waals surface area contributed by atoms with Crippen LogP contribution in [0, 0.1) is 5.41 Å². The van der Waals surface area contributed by atoms with Gasteiger partial charge in [-0.25, -0.2) is 4.79 Å². The number of carbonyl (C=O) groups excluding carboxylic acids is 1. The van der Waals surface area contributed by atoms with E-state index in [0.717, 1.165) is 11.1 Å². The van der Waals surface area contributed by atoms with E-state index in [1.807, 2.05) is 0 Å². The van der Waals surface area contributed by atoms with Crippen molar-refractivity contribution < 1.29 is 19.4 Å². The molecule has 0 fully saturated rings. The number of hydrogen-bond acceptors (Lipinski definition) is 4. The van der Waals surface area contributed by atoms with Gasteiger partial charge in [-0.3, -0.25) is 9.78 Å². The van der Waals surface area contributed by atoms with Crippen LogP contribution in [-0.4, -0.2) is 26.6 Å². The Morgan fingerprint density at radius 3 is 2.41 bits per heavy atom. The minimum absolute atomic E-state index is 0.0634. The number of pyridine rings is 1. The van der Waals surface area contributed by atoms with Gasteiger partial charge in [-0.05, 0) is 44.5 Å². The number of carboxylic acid groups (broad SMARTS) is 1. The summed E-state index contributed by atoms with van der Waals surface area (Å²) in [5, 5.41) is 9.28. The SMILES string of the molecule is CC(C)(C)C(=O)OCn1cc(-c2ccncc2)cc1C(=O)O. The second kappa shape index (κ2) is 6.01. The summed E-state index contributed by atoms with van der Waals surface area (Å²) < 4.78 is 6.59. The minimum atomic E-state index is -1.08. The van der Waals surface area contributed by atoms with Crippen LogP contribution in [-0.2, 0) is 16.3 Å². The highest BCUT2D eigenvalue weighted by Crippen LogP contribution is 2.22. The van der Waals surface area contributed by atoms with Crippen LogP contribution in [0.25, 0.3) is 11.1 Å². The molecule has 2 aromatic heterocycles. The molecule has 6 heteroatoms. The molecular weight excluding hydrogens is 284 g/mol. The summed E-state index contributed by atoms with van der Waals surface area (Å²) in [6.07, 6.45) is 4.91. The molecule has 0 atom stereocenters. The zero-order valence-corrected chi connectivity index (χ0v) is 12.7. The van der Waals surface area contributed by atoms with Crippen LogP contribution in [0.5, 0.6) is 0 Å². The third kappa shape index (κ3) is 3.52. The van der Waals surface area contributed by atoms with Gasteiger partial charge < -0.3 is 14.4 Å². The first-order valence-corrected chi connectivity index (χ1v) is 6.80. The monoisotopic (exact) mass is 302 g/mol. The highest BCUT2D eigenvalue weighted by molar-refractivity contribution is 5.88. The van der Waals surface area contributed by atoms with Crippen molar-refractivity contribution in [3.05, 3.63) is 42.5 Å². The zero-order chi connectivity index (χ0) is 16.3. The molecule has 0 aromatic carbocycles. The topological polar surface area (TPSA) is 81.4 Å². The molecule has 6 nitrogen and oxygen atoms in total. The van der Waals surface area contributed by atoms with E-state index >= 15 is 0 Å².